The summed E-state index contributed by atoms with van der Waals surface area (Å²) in [5.74, 6) is -0.325. The molecule has 0 spiro atoms. The van der Waals surface area contributed by atoms with Crippen molar-refractivity contribution in [2.24, 2.45) is 0 Å². The van der Waals surface area contributed by atoms with Gasteiger partial charge < -0.3 is 20.5 Å². The Labute approximate surface area is 152 Å². The van der Waals surface area contributed by atoms with Gasteiger partial charge in [-0.25, -0.2) is 9.18 Å². The molecular formula is C20H23FN2O3. The third kappa shape index (κ3) is 4.59. The molecule has 2 aromatic carbocycles. The molecular weight excluding hydrogens is 335 g/mol. The normalized spacial score (nSPS) is 18.9. The Morgan fingerprint density at radius 1 is 1.12 bits per heavy atom. The van der Waals surface area contributed by atoms with E-state index < -0.39 is 12.1 Å². The van der Waals surface area contributed by atoms with E-state index in [-0.39, 0.29) is 24.6 Å². The van der Waals surface area contributed by atoms with Crippen molar-refractivity contribution >= 4 is 6.03 Å². The first-order chi connectivity index (χ1) is 12.7. The van der Waals surface area contributed by atoms with Gasteiger partial charge >= 0.3 is 6.03 Å². The molecule has 1 aliphatic heterocycles. The molecule has 3 N–H and O–H groups in total. The van der Waals surface area contributed by atoms with Crippen LogP contribution in [0.15, 0.2) is 54.6 Å². The molecule has 0 radical (unpaired) electrons. The molecule has 0 aromatic heterocycles. The van der Waals surface area contributed by atoms with E-state index in [1.54, 1.807) is 12.1 Å². The minimum Gasteiger partial charge on any atom is -0.394 e. The maximum absolute atomic E-state index is 13.2. The van der Waals surface area contributed by atoms with Crippen LogP contribution in [0.5, 0.6) is 0 Å². The molecule has 1 aliphatic rings. The number of halogens is 1. The molecule has 1 saturated heterocycles. The number of hydrogen-bond acceptors (Lipinski definition) is 3. The van der Waals surface area contributed by atoms with Gasteiger partial charge in [0.25, 0.3) is 0 Å². The van der Waals surface area contributed by atoms with Gasteiger partial charge in [0, 0.05) is 6.61 Å². The molecule has 5 nitrogen and oxygen atoms in total. The van der Waals surface area contributed by atoms with E-state index in [4.69, 9.17) is 4.74 Å². The van der Waals surface area contributed by atoms with Gasteiger partial charge in [0.15, 0.2) is 0 Å². The second-order valence-corrected chi connectivity index (χ2v) is 6.34. The monoisotopic (exact) mass is 358 g/mol. The average molecular weight is 358 g/mol. The molecule has 3 rings (SSSR count). The zero-order valence-electron chi connectivity index (χ0n) is 14.4. The summed E-state index contributed by atoms with van der Waals surface area (Å²) in [6.07, 6.45) is 1.59. The first-order valence-corrected chi connectivity index (χ1v) is 8.77. The predicted molar refractivity (Wildman–Crippen MR) is 96.1 cm³/mol. The summed E-state index contributed by atoms with van der Waals surface area (Å²) in [4.78, 5) is 12.5. The predicted octanol–water partition coefficient (Wildman–Crippen LogP) is 3.08. The minimum atomic E-state index is -0.505. The van der Waals surface area contributed by atoms with Crippen LogP contribution in [0.3, 0.4) is 0 Å². The fourth-order valence-corrected chi connectivity index (χ4v) is 3.19. The smallest absolute Gasteiger partial charge is 0.315 e. The van der Waals surface area contributed by atoms with Crippen molar-refractivity contribution in [3.8, 4) is 0 Å². The van der Waals surface area contributed by atoms with Crippen molar-refractivity contribution in [2.75, 3.05) is 13.2 Å². The molecule has 3 atom stereocenters. The highest BCUT2D eigenvalue weighted by molar-refractivity contribution is 5.75. The van der Waals surface area contributed by atoms with Gasteiger partial charge in [-0.2, -0.15) is 0 Å². The molecule has 26 heavy (non-hydrogen) atoms. The highest BCUT2D eigenvalue weighted by atomic mass is 19.1. The van der Waals surface area contributed by atoms with Crippen molar-refractivity contribution in [3.05, 3.63) is 71.5 Å². The Morgan fingerprint density at radius 3 is 2.46 bits per heavy atom. The highest BCUT2D eigenvalue weighted by Crippen LogP contribution is 2.27. The molecule has 1 fully saturated rings. The van der Waals surface area contributed by atoms with Crippen LogP contribution in [0.25, 0.3) is 0 Å². The average Bonchev–Trinajstić information content (AvgIpc) is 3.20. The summed E-state index contributed by atoms with van der Waals surface area (Å²) in [5.41, 5.74) is 1.61. The molecule has 2 unspecified atom stereocenters. The standard InChI is InChI=1S/C20H23FN2O3/c21-16-10-8-15(9-11-16)19(18-7-4-12-26-18)23-20(25)22-17(13-24)14-5-2-1-3-6-14/h1-3,5-6,8-11,17-19,24H,4,7,12-13H2,(H2,22,23,25)/t17-,18?,19?/m1/s1. The van der Waals surface area contributed by atoms with Crippen LogP contribution >= 0.6 is 0 Å². The Kier molecular flexibility index (Phi) is 6.20. The number of ether oxygens (including phenoxy) is 1. The number of hydrogen-bond donors (Lipinski definition) is 3. The maximum Gasteiger partial charge on any atom is 0.315 e. The molecule has 138 valence electrons. The second kappa shape index (κ2) is 8.78. The fraction of sp³-hybridized carbons (Fsp3) is 0.350. The summed E-state index contributed by atoms with van der Waals surface area (Å²) >= 11 is 0. The number of benzene rings is 2. The quantitative estimate of drug-likeness (QED) is 0.743. The molecule has 6 heteroatoms. The van der Waals surface area contributed by atoms with Crippen molar-refractivity contribution in [2.45, 2.75) is 31.0 Å². The van der Waals surface area contributed by atoms with Crippen LogP contribution in [-0.2, 0) is 4.74 Å². The maximum atomic E-state index is 13.2. The van der Waals surface area contributed by atoms with Crippen molar-refractivity contribution in [3.63, 3.8) is 0 Å². The number of nitrogens with one attached hydrogen (secondary N) is 2. The van der Waals surface area contributed by atoms with Gasteiger partial charge in [-0.3, -0.25) is 0 Å². The first kappa shape index (κ1) is 18.4. The zero-order chi connectivity index (χ0) is 18.4. The second-order valence-electron chi connectivity index (χ2n) is 6.34. The number of rotatable bonds is 6. The van der Waals surface area contributed by atoms with Crippen molar-refractivity contribution in [1.29, 1.82) is 0 Å². The van der Waals surface area contributed by atoms with Gasteiger partial charge in [-0.1, -0.05) is 42.5 Å². The summed E-state index contributed by atoms with van der Waals surface area (Å²) in [6.45, 7) is 0.438. The molecule has 2 amide bonds. The number of carbonyl (C=O) groups excluding carboxylic acids is 1. The van der Waals surface area contributed by atoms with Crippen LogP contribution in [0.1, 0.15) is 36.1 Å². The van der Waals surface area contributed by atoms with Crippen LogP contribution in [-0.4, -0.2) is 30.5 Å². The number of urea groups is 1. The van der Waals surface area contributed by atoms with E-state index in [2.05, 4.69) is 10.6 Å². The van der Waals surface area contributed by atoms with Crippen LogP contribution in [0.4, 0.5) is 9.18 Å². The lowest BCUT2D eigenvalue weighted by molar-refractivity contribution is 0.0803. The summed E-state index contributed by atoms with van der Waals surface area (Å²) in [6, 6.07) is 14.0. The van der Waals surface area contributed by atoms with Gasteiger partial charge in [0.2, 0.25) is 0 Å². The van der Waals surface area contributed by atoms with E-state index in [9.17, 15) is 14.3 Å². The van der Waals surface area contributed by atoms with Gasteiger partial charge in [-0.05, 0) is 36.1 Å². The Hall–Kier alpha value is -2.44. The van der Waals surface area contributed by atoms with Gasteiger partial charge in [-0.15, -0.1) is 0 Å². The molecule has 0 saturated carbocycles. The lowest BCUT2D eigenvalue weighted by atomic mass is 9.99. The van der Waals surface area contributed by atoms with Crippen LogP contribution in [0.2, 0.25) is 0 Å². The Balaban J connectivity index is 1.71. The Morgan fingerprint density at radius 2 is 1.85 bits per heavy atom. The third-order valence-electron chi connectivity index (χ3n) is 4.54. The van der Waals surface area contributed by atoms with Crippen LogP contribution < -0.4 is 10.6 Å². The number of carbonyl (C=O) groups is 1. The minimum absolute atomic E-state index is 0.157. The van der Waals surface area contributed by atoms with E-state index in [0.29, 0.717) is 6.61 Å². The van der Waals surface area contributed by atoms with Gasteiger partial charge in [0.1, 0.15) is 5.82 Å². The summed E-state index contributed by atoms with van der Waals surface area (Å²) in [7, 11) is 0. The number of aliphatic hydroxyl groups is 1. The lowest BCUT2D eigenvalue weighted by Crippen LogP contribution is -2.44. The Bertz CT molecular complexity index is 703. The van der Waals surface area contributed by atoms with Crippen LogP contribution in [0, 0.1) is 5.82 Å². The number of aliphatic hydroxyl groups excluding tert-OH is 1. The molecule has 1 heterocycles. The third-order valence-corrected chi connectivity index (χ3v) is 4.54. The summed E-state index contributed by atoms with van der Waals surface area (Å²) < 4.78 is 19.0. The van der Waals surface area contributed by atoms with E-state index in [1.807, 2.05) is 30.3 Å². The SMILES string of the molecule is O=C(NC(c1ccc(F)cc1)C1CCCO1)N[C@H](CO)c1ccccc1. The molecule has 0 bridgehead atoms. The molecule has 0 aliphatic carbocycles. The summed E-state index contributed by atoms with van der Waals surface area (Å²) in [5, 5.41) is 15.3. The molecule has 2 aromatic rings. The topological polar surface area (TPSA) is 70.6 Å². The first-order valence-electron chi connectivity index (χ1n) is 8.77. The van der Waals surface area contributed by atoms with Gasteiger partial charge in [0.05, 0.1) is 24.8 Å². The van der Waals surface area contributed by atoms with E-state index in [0.717, 1.165) is 24.0 Å². The fourth-order valence-electron chi connectivity index (χ4n) is 3.19. The highest BCUT2D eigenvalue weighted by Gasteiger charge is 2.29. The number of amides is 2. The van der Waals surface area contributed by atoms with Crippen molar-refractivity contribution < 1.29 is 19.0 Å². The zero-order valence-corrected chi connectivity index (χ0v) is 14.4. The van der Waals surface area contributed by atoms with E-state index in [1.165, 1.54) is 12.1 Å². The lowest BCUT2D eigenvalue weighted by Gasteiger charge is -2.26. The largest absolute Gasteiger partial charge is 0.394 e. The van der Waals surface area contributed by atoms with E-state index >= 15 is 0 Å². The van der Waals surface area contributed by atoms with Crippen molar-refractivity contribution in [1.82, 2.24) is 10.6 Å².